The fraction of sp³-hybridized carbons (Fsp3) is 0.167. The summed E-state index contributed by atoms with van der Waals surface area (Å²) in [5, 5.41) is 5.85. The maximum absolute atomic E-state index is 12.8. The third-order valence-corrected chi connectivity index (χ3v) is 7.69. The van der Waals surface area contributed by atoms with E-state index in [1.807, 2.05) is 41.8 Å². The van der Waals surface area contributed by atoms with Gasteiger partial charge < -0.3 is 10.2 Å². The highest BCUT2D eigenvalue weighted by atomic mass is 32.2. The van der Waals surface area contributed by atoms with Gasteiger partial charge in [0.25, 0.3) is 11.8 Å². The summed E-state index contributed by atoms with van der Waals surface area (Å²) >= 11 is 1.36. The zero-order valence-corrected chi connectivity index (χ0v) is 19.4. The number of anilines is 1. The van der Waals surface area contributed by atoms with Crippen LogP contribution in [0.25, 0.3) is 6.08 Å². The van der Waals surface area contributed by atoms with Crippen molar-refractivity contribution in [3.05, 3.63) is 93.5 Å². The number of sulfonamides is 1. The lowest BCUT2D eigenvalue weighted by atomic mass is 10.1. The van der Waals surface area contributed by atoms with Gasteiger partial charge in [0, 0.05) is 42.8 Å². The predicted octanol–water partition coefficient (Wildman–Crippen LogP) is 3.76. The molecule has 9 heteroatoms. The van der Waals surface area contributed by atoms with Gasteiger partial charge in [0.2, 0.25) is 10.0 Å². The lowest BCUT2D eigenvalue weighted by molar-refractivity contribution is 0.0698. The zero-order valence-electron chi connectivity index (χ0n) is 17.8. The van der Waals surface area contributed by atoms with Crippen LogP contribution < -0.4 is 5.32 Å². The smallest absolute Gasteiger partial charge is 0.265 e. The number of hydrogen-bond donors (Lipinski definition) is 1. The number of benzene rings is 2. The van der Waals surface area contributed by atoms with Crippen molar-refractivity contribution >= 4 is 44.9 Å². The van der Waals surface area contributed by atoms with Crippen molar-refractivity contribution in [3.8, 4) is 0 Å². The molecule has 0 radical (unpaired) electrons. The van der Waals surface area contributed by atoms with E-state index < -0.39 is 10.0 Å². The summed E-state index contributed by atoms with van der Waals surface area (Å²) in [6.07, 6.45) is 1.58. The number of thiophene rings is 1. The molecule has 4 rings (SSSR count). The topological polar surface area (TPSA) is 86.8 Å². The first-order valence-corrected chi connectivity index (χ1v) is 12.8. The Morgan fingerprint density at radius 3 is 2.21 bits per heavy atom. The predicted molar refractivity (Wildman–Crippen MR) is 131 cm³/mol. The quantitative estimate of drug-likeness (QED) is 0.581. The van der Waals surface area contributed by atoms with Gasteiger partial charge in [-0.1, -0.05) is 36.4 Å². The summed E-state index contributed by atoms with van der Waals surface area (Å²) in [6, 6.07) is 19.5. The van der Waals surface area contributed by atoms with Crippen molar-refractivity contribution in [3.63, 3.8) is 0 Å². The molecule has 2 heterocycles. The van der Waals surface area contributed by atoms with E-state index in [9.17, 15) is 18.0 Å². The van der Waals surface area contributed by atoms with Crippen LogP contribution in [0.5, 0.6) is 0 Å². The second kappa shape index (κ2) is 10.1. The van der Waals surface area contributed by atoms with Crippen molar-refractivity contribution in [1.82, 2.24) is 9.21 Å². The lowest BCUT2D eigenvalue weighted by Crippen LogP contribution is -2.50. The van der Waals surface area contributed by atoms with E-state index in [0.717, 1.165) is 5.56 Å². The largest absolute Gasteiger partial charge is 0.336 e. The molecule has 170 valence electrons. The molecule has 1 fully saturated rings. The molecule has 2 amide bonds. The van der Waals surface area contributed by atoms with Crippen LogP contribution in [0.2, 0.25) is 0 Å². The number of nitrogens with one attached hydrogen (secondary N) is 1. The van der Waals surface area contributed by atoms with Gasteiger partial charge in [0.05, 0.1) is 4.88 Å². The Kier molecular flexibility index (Phi) is 7.02. The van der Waals surface area contributed by atoms with Crippen LogP contribution in [0.3, 0.4) is 0 Å². The molecule has 0 aliphatic carbocycles. The molecule has 7 nitrogen and oxygen atoms in total. The highest BCUT2D eigenvalue weighted by Crippen LogP contribution is 2.17. The number of carbonyl (C=O) groups excluding carboxylic acids is 2. The van der Waals surface area contributed by atoms with E-state index >= 15 is 0 Å². The van der Waals surface area contributed by atoms with Gasteiger partial charge in [-0.2, -0.15) is 4.31 Å². The van der Waals surface area contributed by atoms with Crippen LogP contribution in [0, 0.1) is 0 Å². The van der Waals surface area contributed by atoms with Gasteiger partial charge in [-0.3, -0.25) is 9.59 Å². The fourth-order valence-corrected chi connectivity index (χ4v) is 5.23. The van der Waals surface area contributed by atoms with E-state index in [4.69, 9.17) is 0 Å². The standard InChI is InChI=1S/C24H23N3O4S2/c28-23(22-7-4-17-32-22)25-21-10-8-20(9-11-21)24(29)26-13-15-27(16-14-26)33(30,31)18-12-19-5-2-1-3-6-19/h1-12,17-18H,13-16H2,(H,25,28). The van der Waals surface area contributed by atoms with Crippen molar-refractivity contribution in [1.29, 1.82) is 0 Å². The zero-order chi connectivity index (χ0) is 23.3. The molecule has 1 aliphatic rings. The van der Waals surface area contributed by atoms with Crippen LogP contribution in [-0.4, -0.2) is 55.6 Å². The number of nitrogens with zero attached hydrogens (tertiary/aromatic N) is 2. The maximum atomic E-state index is 12.8. The maximum Gasteiger partial charge on any atom is 0.265 e. The molecule has 1 saturated heterocycles. The lowest BCUT2D eigenvalue weighted by Gasteiger charge is -2.33. The van der Waals surface area contributed by atoms with Crippen LogP contribution in [0.15, 0.2) is 77.5 Å². The first-order chi connectivity index (χ1) is 15.9. The molecular weight excluding hydrogens is 458 g/mol. The molecule has 1 N–H and O–H groups in total. The molecular formula is C24H23N3O4S2. The van der Waals surface area contributed by atoms with E-state index in [-0.39, 0.29) is 24.9 Å². The van der Waals surface area contributed by atoms with E-state index in [0.29, 0.717) is 29.2 Å². The second-order valence-corrected chi connectivity index (χ2v) is 10.2. The van der Waals surface area contributed by atoms with E-state index in [2.05, 4.69) is 5.32 Å². The molecule has 0 saturated carbocycles. The van der Waals surface area contributed by atoms with Gasteiger partial charge in [0.15, 0.2) is 0 Å². The summed E-state index contributed by atoms with van der Waals surface area (Å²) in [5.74, 6) is -0.356. The Morgan fingerprint density at radius 2 is 1.58 bits per heavy atom. The summed E-state index contributed by atoms with van der Waals surface area (Å²) in [7, 11) is -3.56. The second-order valence-electron chi connectivity index (χ2n) is 7.46. The normalized spacial score (nSPS) is 15.0. The van der Waals surface area contributed by atoms with Gasteiger partial charge in [-0.25, -0.2) is 8.42 Å². The van der Waals surface area contributed by atoms with E-state index in [1.165, 1.54) is 21.1 Å². The van der Waals surface area contributed by atoms with Crippen LogP contribution >= 0.6 is 11.3 Å². The number of hydrogen-bond acceptors (Lipinski definition) is 5. The Balaban J connectivity index is 1.32. The minimum absolute atomic E-state index is 0.164. The highest BCUT2D eigenvalue weighted by molar-refractivity contribution is 7.92. The Morgan fingerprint density at radius 1 is 0.879 bits per heavy atom. The van der Waals surface area contributed by atoms with Gasteiger partial charge >= 0.3 is 0 Å². The van der Waals surface area contributed by atoms with E-state index in [1.54, 1.807) is 41.3 Å². The monoisotopic (exact) mass is 481 g/mol. The molecule has 0 unspecified atom stereocenters. The van der Waals surface area contributed by atoms with Gasteiger partial charge in [0.1, 0.15) is 0 Å². The number of piperazine rings is 1. The molecule has 3 aromatic rings. The SMILES string of the molecule is O=C(Nc1ccc(C(=O)N2CCN(S(=O)(=O)C=Cc3ccccc3)CC2)cc1)c1cccs1. The minimum Gasteiger partial charge on any atom is -0.336 e. The summed E-state index contributed by atoms with van der Waals surface area (Å²) in [6.45, 7) is 1.10. The molecule has 0 atom stereocenters. The molecule has 1 aromatic heterocycles. The molecule has 0 spiro atoms. The van der Waals surface area contributed by atoms with Crippen molar-refractivity contribution < 1.29 is 18.0 Å². The molecule has 0 bridgehead atoms. The fourth-order valence-electron chi connectivity index (χ4n) is 3.44. The molecule has 2 aromatic carbocycles. The molecule has 33 heavy (non-hydrogen) atoms. The average Bonchev–Trinajstić information content (AvgIpc) is 3.39. The number of amides is 2. The Hall–Kier alpha value is -3.27. The van der Waals surface area contributed by atoms with Crippen molar-refractivity contribution in [2.75, 3.05) is 31.5 Å². The van der Waals surface area contributed by atoms with Crippen molar-refractivity contribution in [2.45, 2.75) is 0 Å². The number of rotatable bonds is 6. The minimum atomic E-state index is -3.56. The molecule has 1 aliphatic heterocycles. The first kappa shape index (κ1) is 22.9. The van der Waals surface area contributed by atoms with Crippen LogP contribution in [0.1, 0.15) is 25.6 Å². The average molecular weight is 482 g/mol. The Labute approximate surface area is 197 Å². The van der Waals surface area contributed by atoms with Crippen molar-refractivity contribution in [2.24, 2.45) is 0 Å². The highest BCUT2D eigenvalue weighted by Gasteiger charge is 2.27. The first-order valence-electron chi connectivity index (χ1n) is 10.4. The third kappa shape index (κ3) is 5.75. The van der Waals surface area contributed by atoms with Crippen LogP contribution in [-0.2, 0) is 10.0 Å². The summed E-state index contributed by atoms with van der Waals surface area (Å²) < 4.78 is 26.6. The summed E-state index contributed by atoms with van der Waals surface area (Å²) in [5.41, 5.74) is 1.90. The third-order valence-electron chi connectivity index (χ3n) is 5.25. The Bertz CT molecular complexity index is 1230. The summed E-state index contributed by atoms with van der Waals surface area (Å²) in [4.78, 5) is 27.2. The van der Waals surface area contributed by atoms with Gasteiger partial charge in [-0.15, -0.1) is 11.3 Å². The van der Waals surface area contributed by atoms with Gasteiger partial charge in [-0.05, 0) is 47.4 Å². The van der Waals surface area contributed by atoms with Crippen LogP contribution in [0.4, 0.5) is 5.69 Å². The number of carbonyl (C=O) groups is 2.